The molecule has 0 aliphatic rings. The van der Waals surface area contributed by atoms with Gasteiger partial charge < -0.3 is 9.47 Å². The van der Waals surface area contributed by atoms with Crippen molar-refractivity contribution in [1.29, 1.82) is 0 Å². The minimum Gasteiger partial charge on any atom is -0.465 e. The molecular formula is C18H29F5O4. The Kier molecular flexibility index (Phi) is 10.8. The molecule has 0 aromatic carbocycles. The molecule has 0 radical (unpaired) electrons. The van der Waals surface area contributed by atoms with Crippen molar-refractivity contribution in [3.63, 3.8) is 0 Å². The van der Waals surface area contributed by atoms with E-state index >= 15 is 0 Å². The molecule has 0 unspecified atom stereocenters. The normalized spacial score (nSPS) is 12.7. The van der Waals surface area contributed by atoms with Gasteiger partial charge in [0.05, 0.1) is 6.61 Å². The Morgan fingerprint density at radius 2 is 1.22 bits per heavy atom. The van der Waals surface area contributed by atoms with Crippen LogP contribution in [0.2, 0.25) is 0 Å². The highest BCUT2D eigenvalue weighted by atomic mass is 19.4. The van der Waals surface area contributed by atoms with Gasteiger partial charge in [0.15, 0.2) is 12.0 Å². The number of alkyl halides is 5. The largest absolute Gasteiger partial charge is 0.465 e. The number of esters is 2. The summed E-state index contributed by atoms with van der Waals surface area (Å²) in [5.41, 5.74) is -1.89. The van der Waals surface area contributed by atoms with E-state index in [9.17, 15) is 31.5 Å². The fourth-order valence-electron chi connectivity index (χ4n) is 2.47. The molecular weight excluding hydrogens is 375 g/mol. The summed E-state index contributed by atoms with van der Waals surface area (Å²) in [6.07, 6.45) is -0.425. The maximum absolute atomic E-state index is 12.9. The van der Waals surface area contributed by atoms with E-state index in [1.54, 1.807) is 0 Å². The summed E-state index contributed by atoms with van der Waals surface area (Å²) in [6.45, 7) is 2.86. The number of ether oxygens (including phenoxy) is 2. The Morgan fingerprint density at radius 1 is 0.741 bits per heavy atom. The monoisotopic (exact) mass is 404 g/mol. The van der Waals surface area contributed by atoms with E-state index in [1.807, 2.05) is 0 Å². The second-order valence-electron chi connectivity index (χ2n) is 6.47. The van der Waals surface area contributed by atoms with Crippen molar-refractivity contribution in [3.05, 3.63) is 0 Å². The van der Waals surface area contributed by atoms with Gasteiger partial charge in [-0.1, -0.05) is 52.9 Å². The lowest BCUT2D eigenvalue weighted by Crippen LogP contribution is -2.46. The molecule has 27 heavy (non-hydrogen) atoms. The Hall–Kier alpha value is -1.41. The zero-order valence-corrected chi connectivity index (χ0v) is 16.1. The van der Waals surface area contributed by atoms with E-state index < -0.39 is 36.1 Å². The Morgan fingerprint density at radius 3 is 1.70 bits per heavy atom. The van der Waals surface area contributed by atoms with Crippen molar-refractivity contribution < 1.29 is 41.0 Å². The predicted molar refractivity (Wildman–Crippen MR) is 89.3 cm³/mol. The summed E-state index contributed by atoms with van der Waals surface area (Å²) in [5, 5.41) is 0. The first-order valence-corrected chi connectivity index (χ1v) is 9.27. The van der Waals surface area contributed by atoms with Gasteiger partial charge in [-0.25, -0.2) is 0 Å². The molecule has 0 aromatic rings. The Bertz CT molecular complexity index is 459. The molecule has 9 heteroatoms. The number of carbonyl (C=O) groups is 2. The second-order valence-corrected chi connectivity index (χ2v) is 6.47. The fourth-order valence-corrected chi connectivity index (χ4v) is 2.47. The summed E-state index contributed by atoms with van der Waals surface area (Å²) in [4.78, 5) is 24.4. The van der Waals surface area contributed by atoms with Gasteiger partial charge in [0.25, 0.3) is 0 Å². The van der Waals surface area contributed by atoms with Crippen molar-refractivity contribution in [3.8, 4) is 0 Å². The smallest absolute Gasteiger partial charge is 0.456 e. The highest BCUT2D eigenvalue weighted by molar-refractivity contribution is 6.00. The molecule has 0 saturated heterocycles. The molecule has 160 valence electrons. The first-order chi connectivity index (χ1) is 12.5. The molecule has 0 aliphatic carbocycles. The number of hydrogen-bond acceptors (Lipinski definition) is 4. The van der Waals surface area contributed by atoms with E-state index in [4.69, 9.17) is 4.74 Å². The van der Waals surface area contributed by atoms with E-state index in [2.05, 4.69) is 11.7 Å². The maximum atomic E-state index is 12.9. The number of carbonyl (C=O) groups excluding carboxylic acids is 2. The van der Waals surface area contributed by atoms with Gasteiger partial charge in [-0.2, -0.15) is 22.0 Å². The third kappa shape index (κ3) is 7.62. The molecule has 0 spiro atoms. The number of halogens is 5. The molecule has 0 bridgehead atoms. The molecule has 0 aromatic heterocycles. The average Bonchev–Trinajstić information content (AvgIpc) is 2.59. The molecule has 0 rings (SSSR count). The van der Waals surface area contributed by atoms with Crippen LogP contribution in [0.5, 0.6) is 0 Å². The summed E-state index contributed by atoms with van der Waals surface area (Å²) < 4.78 is 71.7. The topological polar surface area (TPSA) is 52.6 Å². The zero-order chi connectivity index (χ0) is 21.1. The minimum atomic E-state index is -5.84. The lowest BCUT2D eigenvalue weighted by Gasteiger charge is -2.28. The maximum Gasteiger partial charge on any atom is 0.456 e. The first-order valence-electron chi connectivity index (χ1n) is 9.27. The molecule has 0 atom stereocenters. The van der Waals surface area contributed by atoms with Gasteiger partial charge >= 0.3 is 24.0 Å². The van der Waals surface area contributed by atoms with Crippen LogP contribution in [-0.2, 0) is 19.1 Å². The van der Waals surface area contributed by atoms with Crippen LogP contribution >= 0.6 is 0 Å². The van der Waals surface area contributed by atoms with Gasteiger partial charge in [0, 0.05) is 0 Å². The fraction of sp³-hybridized carbons (Fsp3) is 0.889. The molecule has 0 fully saturated rings. The van der Waals surface area contributed by atoms with Crippen molar-refractivity contribution in [2.45, 2.75) is 84.2 Å². The summed E-state index contributed by atoms with van der Waals surface area (Å²) in [5.74, 6) is -7.57. The van der Waals surface area contributed by atoms with Crippen LogP contribution < -0.4 is 0 Å². The van der Waals surface area contributed by atoms with Crippen LogP contribution in [0, 0.1) is 5.41 Å². The quantitative estimate of drug-likeness (QED) is 0.178. The first kappa shape index (κ1) is 25.6. The zero-order valence-electron chi connectivity index (χ0n) is 16.1. The second kappa shape index (κ2) is 11.4. The van der Waals surface area contributed by atoms with Crippen LogP contribution in [-0.4, -0.2) is 37.3 Å². The number of hydrogen-bond donors (Lipinski definition) is 0. The van der Waals surface area contributed by atoms with Gasteiger partial charge in [-0.05, 0) is 19.3 Å². The Balaban J connectivity index is 4.71. The van der Waals surface area contributed by atoms with Crippen molar-refractivity contribution >= 4 is 11.9 Å². The SMILES string of the molecule is CCCCCCCCOC(=O)C(CC)(CC)C(=O)OCC(F)(F)C(F)(F)F. The Labute approximate surface area is 156 Å². The average molecular weight is 404 g/mol. The van der Waals surface area contributed by atoms with Gasteiger partial charge in [-0.15, -0.1) is 0 Å². The van der Waals surface area contributed by atoms with E-state index in [0.29, 0.717) is 6.42 Å². The minimum absolute atomic E-state index is 0.0543. The highest BCUT2D eigenvalue weighted by Gasteiger charge is 2.59. The summed E-state index contributed by atoms with van der Waals surface area (Å²) in [7, 11) is 0. The highest BCUT2D eigenvalue weighted by Crippen LogP contribution is 2.37. The van der Waals surface area contributed by atoms with E-state index in [1.165, 1.54) is 13.8 Å². The lowest BCUT2D eigenvalue weighted by atomic mass is 9.82. The molecule has 0 N–H and O–H groups in total. The van der Waals surface area contributed by atoms with Gasteiger partial charge in [-0.3, -0.25) is 9.59 Å². The van der Waals surface area contributed by atoms with Crippen LogP contribution in [0.4, 0.5) is 22.0 Å². The van der Waals surface area contributed by atoms with Crippen LogP contribution in [0.15, 0.2) is 0 Å². The predicted octanol–water partition coefficient (Wildman–Crippen LogP) is 5.44. The van der Waals surface area contributed by atoms with Crippen LogP contribution in [0.1, 0.15) is 72.1 Å². The molecule has 0 saturated carbocycles. The van der Waals surface area contributed by atoms with Crippen molar-refractivity contribution in [1.82, 2.24) is 0 Å². The van der Waals surface area contributed by atoms with Crippen molar-refractivity contribution in [2.75, 3.05) is 13.2 Å². The van der Waals surface area contributed by atoms with Gasteiger partial charge in [0.1, 0.15) is 0 Å². The van der Waals surface area contributed by atoms with Crippen LogP contribution in [0.3, 0.4) is 0 Å². The van der Waals surface area contributed by atoms with E-state index in [-0.39, 0.29) is 19.4 Å². The molecule has 4 nitrogen and oxygen atoms in total. The summed E-state index contributed by atoms with van der Waals surface area (Å²) in [6, 6.07) is 0. The summed E-state index contributed by atoms with van der Waals surface area (Å²) >= 11 is 0. The molecule has 0 heterocycles. The third-order valence-corrected chi connectivity index (χ3v) is 4.52. The lowest BCUT2D eigenvalue weighted by molar-refractivity contribution is -0.295. The third-order valence-electron chi connectivity index (χ3n) is 4.52. The van der Waals surface area contributed by atoms with E-state index in [0.717, 1.165) is 32.1 Å². The molecule has 0 amide bonds. The van der Waals surface area contributed by atoms with Crippen LogP contribution in [0.25, 0.3) is 0 Å². The standard InChI is InChI=1S/C18H29F5O4/c1-4-7-8-9-10-11-12-26-14(24)16(5-2,6-3)15(25)27-13-17(19,20)18(21,22)23/h4-13H2,1-3H3. The molecule has 0 aliphatic heterocycles. The number of rotatable bonds is 13. The van der Waals surface area contributed by atoms with Crippen molar-refractivity contribution in [2.24, 2.45) is 5.41 Å². The number of unbranched alkanes of at least 4 members (excludes halogenated alkanes) is 5. The van der Waals surface area contributed by atoms with Gasteiger partial charge in [0.2, 0.25) is 0 Å².